The molecule has 3 rings (SSSR count). The number of aromatic hydroxyl groups is 1. The number of phenolic OH excluding ortho intramolecular Hbond substituents is 1. The minimum atomic E-state index is -0.0579. The van der Waals surface area contributed by atoms with Crippen LogP contribution < -0.4 is 10.1 Å². The van der Waals surface area contributed by atoms with E-state index in [0.29, 0.717) is 31.4 Å². The van der Waals surface area contributed by atoms with Gasteiger partial charge in [-0.15, -0.1) is 0 Å². The maximum Gasteiger partial charge on any atom is 0.251 e. The molecule has 35 heavy (non-hydrogen) atoms. The van der Waals surface area contributed by atoms with Gasteiger partial charge < -0.3 is 19.9 Å². The van der Waals surface area contributed by atoms with Gasteiger partial charge >= 0.3 is 0 Å². The number of fused-ring (bicyclic) bond motifs is 1. The molecule has 6 heteroatoms. The number of carbonyl (C=O) groups excluding carboxylic acids is 1. The predicted molar refractivity (Wildman–Crippen MR) is 140 cm³/mol. The lowest BCUT2D eigenvalue weighted by Gasteiger charge is -2.35. The highest BCUT2D eigenvalue weighted by molar-refractivity contribution is 5.96. The van der Waals surface area contributed by atoms with Gasteiger partial charge in [0.05, 0.1) is 13.2 Å². The second kappa shape index (κ2) is 12.4. The molecule has 0 spiro atoms. The van der Waals surface area contributed by atoms with E-state index in [4.69, 9.17) is 9.47 Å². The smallest absolute Gasteiger partial charge is 0.251 e. The number of ether oxygens (including phenoxy) is 2. The molecule has 192 valence electrons. The van der Waals surface area contributed by atoms with Crippen molar-refractivity contribution in [3.63, 3.8) is 0 Å². The Labute approximate surface area is 210 Å². The quantitative estimate of drug-likeness (QED) is 0.379. The number of amides is 1. The molecule has 2 aromatic rings. The third-order valence-electron chi connectivity index (χ3n) is 6.59. The summed E-state index contributed by atoms with van der Waals surface area (Å²) < 4.78 is 11.3. The van der Waals surface area contributed by atoms with Crippen molar-refractivity contribution >= 4 is 5.91 Å². The van der Waals surface area contributed by atoms with Crippen molar-refractivity contribution in [2.24, 2.45) is 5.92 Å². The molecule has 0 unspecified atom stereocenters. The van der Waals surface area contributed by atoms with Gasteiger partial charge in [0.15, 0.2) is 11.5 Å². The number of aryl methyl sites for hydroxylation is 1. The van der Waals surface area contributed by atoms with E-state index in [2.05, 4.69) is 50.9 Å². The van der Waals surface area contributed by atoms with Crippen LogP contribution in [0.3, 0.4) is 0 Å². The van der Waals surface area contributed by atoms with E-state index in [0.717, 1.165) is 55.6 Å². The fraction of sp³-hybridized carbons (Fsp3) is 0.552. The number of phenols is 1. The zero-order chi connectivity index (χ0) is 25.4. The lowest BCUT2D eigenvalue weighted by Crippen LogP contribution is -2.40. The predicted octanol–water partition coefficient (Wildman–Crippen LogP) is 5.31. The Morgan fingerprint density at radius 1 is 1.17 bits per heavy atom. The molecule has 1 heterocycles. The third-order valence-corrected chi connectivity index (χ3v) is 6.59. The van der Waals surface area contributed by atoms with Crippen LogP contribution in [0, 0.1) is 5.92 Å². The minimum absolute atomic E-state index is 0.0281. The van der Waals surface area contributed by atoms with E-state index >= 15 is 0 Å². The number of nitrogens with one attached hydrogen (secondary N) is 1. The van der Waals surface area contributed by atoms with Crippen molar-refractivity contribution in [3.05, 3.63) is 58.7 Å². The summed E-state index contributed by atoms with van der Waals surface area (Å²) in [5.74, 6) is 1.11. The molecular formula is C29H42N2O4. The Balaban J connectivity index is 1.60. The molecule has 0 bridgehead atoms. The van der Waals surface area contributed by atoms with Crippen LogP contribution >= 0.6 is 0 Å². The number of carbonyl (C=O) groups is 1. The van der Waals surface area contributed by atoms with Gasteiger partial charge in [0, 0.05) is 37.3 Å². The van der Waals surface area contributed by atoms with Crippen LogP contribution in [0.5, 0.6) is 11.5 Å². The molecule has 6 nitrogen and oxygen atoms in total. The standard InChI is InChI=1S/C29H42N2O4/c1-6-15-34-16-14-30-28(33)24-9-7-8-23-18-31(19-25(23)24)29(4,5)13-12-22-10-11-26(32)27(17-22)35-20-21(2)3/h7-11,17,21,32H,6,12-16,18-20H2,1-5H3,(H,30,33). The molecule has 0 radical (unpaired) electrons. The van der Waals surface area contributed by atoms with Gasteiger partial charge in [0.2, 0.25) is 0 Å². The fourth-order valence-electron chi connectivity index (χ4n) is 4.34. The van der Waals surface area contributed by atoms with Crippen LogP contribution in [0.4, 0.5) is 0 Å². The van der Waals surface area contributed by atoms with Crippen LogP contribution in [0.25, 0.3) is 0 Å². The Hall–Kier alpha value is -2.57. The molecule has 0 saturated carbocycles. The first-order valence-electron chi connectivity index (χ1n) is 12.9. The van der Waals surface area contributed by atoms with Gasteiger partial charge in [-0.2, -0.15) is 0 Å². The maximum absolute atomic E-state index is 12.8. The summed E-state index contributed by atoms with van der Waals surface area (Å²) in [7, 11) is 0. The van der Waals surface area contributed by atoms with Gasteiger partial charge in [-0.25, -0.2) is 0 Å². The van der Waals surface area contributed by atoms with Crippen molar-refractivity contribution in [2.45, 2.75) is 72.5 Å². The number of hydrogen-bond donors (Lipinski definition) is 2. The summed E-state index contributed by atoms with van der Waals surface area (Å²) in [6.45, 7) is 14.7. The van der Waals surface area contributed by atoms with Crippen molar-refractivity contribution in [1.29, 1.82) is 0 Å². The summed E-state index contributed by atoms with van der Waals surface area (Å²) in [6.07, 6.45) is 2.81. The van der Waals surface area contributed by atoms with Crippen LogP contribution in [-0.2, 0) is 24.2 Å². The van der Waals surface area contributed by atoms with E-state index in [-0.39, 0.29) is 17.2 Å². The SMILES string of the molecule is CCCOCCNC(=O)c1cccc2c1CN(C(C)(C)CCc1ccc(O)c(OCC(C)C)c1)C2. The van der Waals surface area contributed by atoms with Gasteiger partial charge in [-0.3, -0.25) is 9.69 Å². The fourth-order valence-corrected chi connectivity index (χ4v) is 4.34. The highest BCUT2D eigenvalue weighted by atomic mass is 16.5. The molecule has 0 atom stereocenters. The lowest BCUT2D eigenvalue weighted by atomic mass is 9.93. The molecule has 1 amide bonds. The molecular weight excluding hydrogens is 440 g/mol. The topological polar surface area (TPSA) is 71.0 Å². The minimum Gasteiger partial charge on any atom is -0.504 e. The van der Waals surface area contributed by atoms with Gasteiger partial charge in [0.1, 0.15) is 0 Å². The first-order valence-corrected chi connectivity index (χ1v) is 12.9. The number of hydrogen-bond acceptors (Lipinski definition) is 5. The van der Waals surface area contributed by atoms with Crippen molar-refractivity contribution in [1.82, 2.24) is 10.2 Å². The van der Waals surface area contributed by atoms with E-state index in [1.807, 2.05) is 24.3 Å². The molecule has 1 aliphatic rings. The van der Waals surface area contributed by atoms with Gasteiger partial charge in [-0.1, -0.05) is 39.0 Å². The van der Waals surface area contributed by atoms with Crippen LogP contribution in [0.15, 0.2) is 36.4 Å². The highest BCUT2D eigenvalue weighted by Gasteiger charge is 2.33. The van der Waals surface area contributed by atoms with Crippen molar-refractivity contribution < 1.29 is 19.4 Å². The maximum atomic E-state index is 12.8. The van der Waals surface area contributed by atoms with E-state index < -0.39 is 0 Å². The monoisotopic (exact) mass is 482 g/mol. The zero-order valence-corrected chi connectivity index (χ0v) is 22.0. The molecule has 2 N–H and O–H groups in total. The first kappa shape index (κ1) is 27.0. The van der Waals surface area contributed by atoms with E-state index in [9.17, 15) is 9.90 Å². The first-order chi connectivity index (χ1) is 16.7. The van der Waals surface area contributed by atoms with E-state index in [1.54, 1.807) is 6.07 Å². The normalized spacial score (nSPS) is 13.8. The van der Waals surface area contributed by atoms with Gasteiger partial charge in [-0.05, 0) is 73.9 Å². The van der Waals surface area contributed by atoms with Crippen LogP contribution in [-0.4, -0.2) is 47.8 Å². The number of benzene rings is 2. The van der Waals surface area contributed by atoms with E-state index in [1.165, 1.54) is 5.56 Å². The molecule has 0 aliphatic carbocycles. The molecule has 1 aliphatic heterocycles. The Morgan fingerprint density at radius 3 is 2.71 bits per heavy atom. The molecule has 0 saturated heterocycles. The Bertz CT molecular complexity index is 987. The summed E-state index contributed by atoms with van der Waals surface area (Å²) in [4.78, 5) is 15.3. The molecule has 0 fully saturated rings. The third kappa shape index (κ3) is 7.45. The highest BCUT2D eigenvalue weighted by Crippen LogP contribution is 2.34. The average Bonchev–Trinajstić information content (AvgIpc) is 3.28. The largest absolute Gasteiger partial charge is 0.504 e. The average molecular weight is 483 g/mol. The second-order valence-electron chi connectivity index (χ2n) is 10.5. The lowest BCUT2D eigenvalue weighted by molar-refractivity contribution is 0.0909. The van der Waals surface area contributed by atoms with Crippen molar-refractivity contribution in [2.75, 3.05) is 26.4 Å². The Kier molecular flexibility index (Phi) is 9.58. The molecule has 2 aromatic carbocycles. The summed E-state index contributed by atoms with van der Waals surface area (Å²) >= 11 is 0. The molecule has 0 aromatic heterocycles. The number of nitrogens with zero attached hydrogens (tertiary/aromatic N) is 1. The Morgan fingerprint density at radius 2 is 1.97 bits per heavy atom. The van der Waals surface area contributed by atoms with Crippen LogP contribution in [0.2, 0.25) is 0 Å². The summed E-state index contributed by atoms with van der Waals surface area (Å²) in [5, 5.41) is 13.1. The number of rotatable bonds is 13. The van der Waals surface area contributed by atoms with Crippen molar-refractivity contribution in [3.8, 4) is 11.5 Å². The zero-order valence-electron chi connectivity index (χ0n) is 22.0. The summed E-state index contributed by atoms with van der Waals surface area (Å²) in [5.41, 5.74) is 4.21. The van der Waals surface area contributed by atoms with Gasteiger partial charge in [0.25, 0.3) is 5.91 Å². The van der Waals surface area contributed by atoms with Crippen LogP contribution in [0.1, 0.15) is 74.5 Å². The summed E-state index contributed by atoms with van der Waals surface area (Å²) in [6, 6.07) is 11.7. The second-order valence-corrected chi connectivity index (χ2v) is 10.5.